The quantitative estimate of drug-likeness (QED) is 0.753. The number of carbonyl (C=O) groups excluding carboxylic acids is 2. The summed E-state index contributed by atoms with van der Waals surface area (Å²) in [6, 6.07) is 9.17. The van der Waals surface area contributed by atoms with E-state index in [4.69, 9.17) is 0 Å². The maximum atomic E-state index is 12.8. The molecule has 2 aliphatic rings. The molecule has 7 heteroatoms. The van der Waals surface area contributed by atoms with Crippen LogP contribution < -0.4 is 10.9 Å². The highest BCUT2D eigenvalue weighted by Crippen LogP contribution is 2.33. The maximum Gasteiger partial charge on any atom is 0.261 e. The monoisotopic (exact) mass is 436 g/mol. The standard InChI is InChI=1S/C25H32N4O3/c1-4-28-9-11-29(12-10-28)16-17-5-7-18(8-6-17)26-23(31)20-13-19-21(27-24(20)32)14-25(2,3)15-22(19)30/h5-8,13H,4,9-12,14-16H2,1-3H3,(H,26,31)(H,27,32). The molecule has 1 saturated heterocycles. The van der Waals surface area contributed by atoms with Crippen LogP contribution in [0.15, 0.2) is 35.1 Å². The van der Waals surface area contributed by atoms with Crippen molar-refractivity contribution in [2.75, 3.05) is 38.0 Å². The van der Waals surface area contributed by atoms with E-state index in [0.29, 0.717) is 29.8 Å². The van der Waals surface area contributed by atoms with E-state index in [-0.39, 0.29) is 16.8 Å². The molecule has 0 radical (unpaired) electrons. The fourth-order valence-corrected chi connectivity index (χ4v) is 4.61. The summed E-state index contributed by atoms with van der Waals surface area (Å²) in [6.07, 6.45) is 1.02. The number of likely N-dealkylation sites (N-methyl/N-ethyl adjacent to an activating group) is 1. The molecule has 0 spiro atoms. The molecule has 4 rings (SSSR count). The molecule has 0 bridgehead atoms. The summed E-state index contributed by atoms with van der Waals surface area (Å²) in [5.74, 6) is -0.541. The molecule has 0 atom stereocenters. The number of amides is 1. The number of ketones is 1. The summed E-state index contributed by atoms with van der Waals surface area (Å²) in [6.45, 7) is 12.5. The number of nitrogens with one attached hydrogen (secondary N) is 2. The summed E-state index contributed by atoms with van der Waals surface area (Å²) in [4.78, 5) is 45.5. The van der Waals surface area contributed by atoms with Crippen molar-refractivity contribution in [3.63, 3.8) is 0 Å². The van der Waals surface area contributed by atoms with Crippen molar-refractivity contribution in [3.05, 3.63) is 63.1 Å². The molecule has 2 heterocycles. The molecule has 1 aliphatic carbocycles. The molecule has 170 valence electrons. The number of pyridine rings is 1. The third-order valence-electron chi connectivity index (χ3n) is 6.49. The summed E-state index contributed by atoms with van der Waals surface area (Å²) < 4.78 is 0. The first-order chi connectivity index (χ1) is 15.2. The average Bonchev–Trinajstić information content (AvgIpc) is 2.74. The average molecular weight is 437 g/mol. The second-order valence-electron chi connectivity index (χ2n) is 9.71. The second kappa shape index (κ2) is 9.00. The van der Waals surface area contributed by atoms with Crippen LogP contribution in [-0.2, 0) is 13.0 Å². The lowest BCUT2D eigenvalue weighted by atomic mass is 9.75. The molecule has 1 amide bonds. The molecule has 1 aliphatic heterocycles. The van der Waals surface area contributed by atoms with E-state index in [0.717, 1.165) is 39.3 Å². The molecule has 1 fully saturated rings. The van der Waals surface area contributed by atoms with Crippen LogP contribution in [0.5, 0.6) is 0 Å². The van der Waals surface area contributed by atoms with Crippen molar-refractivity contribution < 1.29 is 9.59 Å². The highest BCUT2D eigenvalue weighted by atomic mass is 16.2. The Morgan fingerprint density at radius 1 is 1.03 bits per heavy atom. The van der Waals surface area contributed by atoms with Crippen LogP contribution in [0.1, 0.15) is 59.2 Å². The van der Waals surface area contributed by atoms with Crippen LogP contribution in [0.25, 0.3) is 0 Å². The molecular formula is C25H32N4O3. The number of piperazine rings is 1. The molecule has 0 unspecified atom stereocenters. The third-order valence-corrected chi connectivity index (χ3v) is 6.49. The lowest BCUT2D eigenvalue weighted by Gasteiger charge is -2.34. The zero-order valence-electron chi connectivity index (χ0n) is 19.2. The Labute approximate surface area is 188 Å². The fraction of sp³-hybridized carbons (Fsp3) is 0.480. The van der Waals surface area contributed by atoms with E-state index >= 15 is 0 Å². The molecule has 1 aromatic heterocycles. The topological polar surface area (TPSA) is 85.5 Å². The van der Waals surface area contributed by atoms with Gasteiger partial charge in [-0.05, 0) is 42.1 Å². The number of benzene rings is 1. The number of rotatable bonds is 5. The van der Waals surface area contributed by atoms with Crippen molar-refractivity contribution in [3.8, 4) is 0 Å². The number of anilines is 1. The maximum absolute atomic E-state index is 12.8. The number of H-pyrrole nitrogens is 1. The molecule has 2 N–H and O–H groups in total. The number of hydrogen-bond donors (Lipinski definition) is 2. The van der Waals surface area contributed by atoms with Crippen LogP contribution in [0.2, 0.25) is 0 Å². The molecule has 0 saturated carbocycles. The zero-order valence-corrected chi connectivity index (χ0v) is 19.2. The minimum atomic E-state index is -0.505. The summed E-state index contributed by atoms with van der Waals surface area (Å²) in [5.41, 5.74) is 2.20. The van der Waals surface area contributed by atoms with Crippen LogP contribution in [0.3, 0.4) is 0 Å². The Morgan fingerprint density at radius 2 is 1.69 bits per heavy atom. The number of nitrogens with zero attached hydrogens (tertiary/aromatic N) is 2. The number of fused-ring (bicyclic) bond motifs is 1. The first-order valence-electron chi connectivity index (χ1n) is 11.4. The smallest absolute Gasteiger partial charge is 0.261 e. The summed E-state index contributed by atoms with van der Waals surface area (Å²) >= 11 is 0. The van der Waals surface area contributed by atoms with Gasteiger partial charge in [-0.25, -0.2) is 0 Å². The van der Waals surface area contributed by atoms with Crippen molar-refractivity contribution >= 4 is 17.4 Å². The SMILES string of the molecule is CCN1CCN(Cc2ccc(NC(=O)c3cc4c([nH]c3=O)CC(C)(C)CC4=O)cc2)CC1. The molecule has 7 nitrogen and oxygen atoms in total. The summed E-state index contributed by atoms with van der Waals surface area (Å²) in [7, 11) is 0. The second-order valence-corrected chi connectivity index (χ2v) is 9.71. The van der Waals surface area contributed by atoms with Crippen molar-refractivity contribution in [1.29, 1.82) is 0 Å². The fourth-order valence-electron chi connectivity index (χ4n) is 4.61. The number of hydrogen-bond acceptors (Lipinski definition) is 5. The predicted octanol–water partition coefficient (Wildman–Crippen LogP) is 2.92. The van der Waals surface area contributed by atoms with Gasteiger partial charge in [-0.2, -0.15) is 0 Å². The Hall–Kier alpha value is -2.77. The van der Waals surface area contributed by atoms with Gasteiger partial charge < -0.3 is 15.2 Å². The lowest BCUT2D eigenvalue weighted by Crippen LogP contribution is -2.45. The van der Waals surface area contributed by atoms with Gasteiger partial charge in [0.15, 0.2) is 5.78 Å². The predicted molar refractivity (Wildman–Crippen MR) is 125 cm³/mol. The molecule has 2 aromatic rings. The van der Waals surface area contributed by atoms with E-state index in [9.17, 15) is 14.4 Å². The van der Waals surface area contributed by atoms with E-state index in [1.54, 1.807) is 0 Å². The minimum Gasteiger partial charge on any atom is -0.325 e. The van der Waals surface area contributed by atoms with Crippen LogP contribution in [-0.4, -0.2) is 59.2 Å². The van der Waals surface area contributed by atoms with Gasteiger partial charge in [0.05, 0.1) is 0 Å². The Morgan fingerprint density at radius 3 is 2.34 bits per heavy atom. The van der Waals surface area contributed by atoms with E-state index in [2.05, 4.69) is 27.0 Å². The first kappa shape index (κ1) is 22.4. The summed E-state index contributed by atoms with van der Waals surface area (Å²) in [5, 5.41) is 2.79. The van der Waals surface area contributed by atoms with Gasteiger partial charge >= 0.3 is 0 Å². The first-order valence-corrected chi connectivity index (χ1v) is 11.4. The number of Topliss-reactive ketones (excluding diaryl/α,β-unsaturated/α-hetero) is 1. The zero-order chi connectivity index (χ0) is 22.9. The van der Waals surface area contributed by atoms with Crippen molar-refractivity contribution in [2.45, 2.75) is 40.2 Å². The van der Waals surface area contributed by atoms with E-state index < -0.39 is 11.5 Å². The minimum absolute atomic E-state index is 0.0327. The largest absolute Gasteiger partial charge is 0.325 e. The van der Waals surface area contributed by atoms with Crippen molar-refractivity contribution in [1.82, 2.24) is 14.8 Å². The van der Waals surface area contributed by atoms with Gasteiger partial charge in [0, 0.05) is 56.1 Å². The van der Waals surface area contributed by atoms with Gasteiger partial charge in [-0.15, -0.1) is 0 Å². The molecular weight excluding hydrogens is 404 g/mol. The van der Waals surface area contributed by atoms with Crippen LogP contribution in [0, 0.1) is 5.41 Å². The van der Waals surface area contributed by atoms with Crippen LogP contribution in [0.4, 0.5) is 5.69 Å². The normalized spacial score (nSPS) is 18.9. The third kappa shape index (κ3) is 5.00. The van der Waals surface area contributed by atoms with E-state index in [1.165, 1.54) is 11.6 Å². The Kier molecular flexibility index (Phi) is 6.31. The van der Waals surface area contributed by atoms with Gasteiger partial charge in [-0.1, -0.05) is 32.9 Å². The van der Waals surface area contributed by atoms with E-state index in [1.807, 2.05) is 38.1 Å². The highest BCUT2D eigenvalue weighted by Gasteiger charge is 2.32. The van der Waals surface area contributed by atoms with Gasteiger partial charge in [-0.3, -0.25) is 19.3 Å². The molecule has 1 aromatic carbocycles. The van der Waals surface area contributed by atoms with Crippen molar-refractivity contribution in [2.24, 2.45) is 5.41 Å². The number of aromatic nitrogens is 1. The Bertz CT molecular complexity index is 1060. The number of carbonyl (C=O) groups is 2. The van der Waals surface area contributed by atoms with Gasteiger partial charge in [0.25, 0.3) is 11.5 Å². The van der Waals surface area contributed by atoms with Crippen LogP contribution >= 0.6 is 0 Å². The number of aromatic amines is 1. The lowest BCUT2D eigenvalue weighted by molar-refractivity contribution is 0.0910. The molecule has 32 heavy (non-hydrogen) atoms. The van der Waals surface area contributed by atoms with Gasteiger partial charge in [0.1, 0.15) is 5.56 Å². The highest BCUT2D eigenvalue weighted by molar-refractivity contribution is 6.06. The Balaban J connectivity index is 1.42. The van der Waals surface area contributed by atoms with Gasteiger partial charge in [0.2, 0.25) is 0 Å².